The molecule has 0 spiro atoms. The summed E-state index contributed by atoms with van der Waals surface area (Å²) < 4.78 is 0. The third-order valence-corrected chi connectivity index (χ3v) is 2.20. The Morgan fingerprint density at radius 3 is 3.18 bits per heavy atom. The van der Waals surface area contributed by atoms with Crippen LogP contribution < -0.4 is 5.32 Å². The van der Waals surface area contributed by atoms with Crippen molar-refractivity contribution in [2.45, 2.75) is 18.2 Å². The number of rotatable bonds is 0. The standard InChI is InChI=1S/C7H11ClN2O/c8-7-2-4-9-3-1-6(7)5-10-11/h7,9,11H,1-4H2. The molecule has 0 bridgehead atoms. The van der Waals surface area contributed by atoms with Crippen LogP contribution in [0.1, 0.15) is 12.8 Å². The van der Waals surface area contributed by atoms with Gasteiger partial charge in [0.25, 0.3) is 0 Å². The minimum atomic E-state index is -0.0269. The van der Waals surface area contributed by atoms with E-state index in [4.69, 9.17) is 16.8 Å². The summed E-state index contributed by atoms with van der Waals surface area (Å²) in [5, 5.41) is 14.3. The molecule has 1 unspecified atom stereocenters. The van der Waals surface area contributed by atoms with Crippen molar-refractivity contribution in [3.05, 3.63) is 5.57 Å². The smallest absolute Gasteiger partial charge is 0.0648 e. The Morgan fingerprint density at radius 2 is 2.45 bits per heavy atom. The molecule has 1 fully saturated rings. The SMILES string of the molecule is ON=C=C1CCNCCC1Cl. The predicted molar refractivity (Wildman–Crippen MR) is 44.5 cm³/mol. The third-order valence-electron chi connectivity index (χ3n) is 1.72. The highest BCUT2D eigenvalue weighted by Crippen LogP contribution is 2.16. The van der Waals surface area contributed by atoms with Gasteiger partial charge in [0.2, 0.25) is 0 Å². The van der Waals surface area contributed by atoms with Gasteiger partial charge in [-0.2, -0.15) is 0 Å². The summed E-state index contributed by atoms with van der Waals surface area (Å²) in [5.74, 6) is 2.50. The zero-order valence-corrected chi connectivity index (χ0v) is 6.93. The molecule has 0 aliphatic carbocycles. The molecule has 0 amide bonds. The molecule has 0 radical (unpaired) electrons. The first kappa shape index (κ1) is 8.60. The second-order valence-corrected chi connectivity index (χ2v) is 3.02. The number of hydrogen-bond acceptors (Lipinski definition) is 3. The molecule has 0 aromatic carbocycles. The van der Waals surface area contributed by atoms with Crippen LogP contribution in [0.4, 0.5) is 0 Å². The van der Waals surface area contributed by atoms with Gasteiger partial charge in [-0.3, -0.25) is 0 Å². The molecule has 1 saturated heterocycles. The number of hydrogen-bond donors (Lipinski definition) is 2. The first-order valence-corrected chi connectivity index (χ1v) is 4.09. The van der Waals surface area contributed by atoms with Gasteiger partial charge in [-0.25, -0.2) is 0 Å². The van der Waals surface area contributed by atoms with Gasteiger partial charge in [-0.1, -0.05) is 0 Å². The first-order chi connectivity index (χ1) is 5.34. The average Bonchev–Trinajstić information content (AvgIpc) is 2.18. The van der Waals surface area contributed by atoms with Gasteiger partial charge in [0.15, 0.2) is 0 Å². The maximum Gasteiger partial charge on any atom is 0.0648 e. The number of nitrogens with one attached hydrogen (secondary N) is 1. The summed E-state index contributed by atoms with van der Waals surface area (Å²) in [5.41, 5.74) is 0.888. The van der Waals surface area contributed by atoms with Crippen LogP contribution in [-0.4, -0.2) is 29.5 Å². The van der Waals surface area contributed by atoms with Crippen molar-refractivity contribution >= 4 is 17.5 Å². The largest absolute Gasteiger partial charge is 0.404 e. The quantitative estimate of drug-likeness (QED) is 0.249. The summed E-state index contributed by atoms with van der Waals surface area (Å²) >= 11 is 5.96. The van der Waals surface area contributed by atoms with Crippen LogP contribution in [0.5, 0.6) is 0 Å². The lowest BCUT2D eigenvalue weighted by Crippen LogP contribution is -2.13. The van der Waals surface area contributed by atoms with Gasteiger partial charge in [-0.15, -0.1) is 11.6 Å². The van der Waals surface area contributed by atoms with Crippen molar-refractivity contribution in [2.75, 3.05) is 13.1 Å². The molecule has 1 atom stereocenters. The van der Waals surface area contributed by atoms with Crippen LogP contribution in [0.2, 0.25) is 0 Å². The molecule has 11 heavy (non-hydrogen) atoms. The Balaban J connectivity index is 2.67. The molecule has 1 aliphatic heterocycles. The van der Waals surface area contributed by atoms with Crippen molar-refractivity contribution in [3.8, 4) is 0 Å². The average molecular weight is 175 g/mol. The van der Waals surface area contributed by atoms with Crippen molar-refractivity contribution in [3.63, 3.8) is 0 Å². The summed E-state index contributed by atoms with van der Waals surface area (Å²) in [7, 11) is 0. The van der Waals surface area contributed by atoms with E-state index >= 15 is 0 Å². The fourth-order valence-electron chi connectivity index (χ4n) is 1.10. The molecule has 0 saturated carbocycles. The summed E-state index contributed by atoms with van der Waals surface area (Å²) in [6.07, 6.45) is 1.69. The van der Waals surface area contributed by atoms with E-state index in [1.807, 2.05) is 0 Å². The highest BCUT2D eigenvalue weighted by Gasteiger charge is 2.13. The van der Waals surface area contributed by atoms with Crippen molar-refractivity contribution in [2.24, 2.45) is 5.16 Å². The number of nitrogens with zero attached hydrogens (tertiary/aromatic N) is 1. The van der Waals surface area contributed by atoms with Crippen LogP contribution in [0.15, 0.2) is 10.7 Å². The van der Waals surface area contributed by atoms with E-state index < -0.39 is 0 Å². The van der Waals surface area contributed by atoms with Gasteiger partial charge in [0, 0.05) is 11.4 Å². The van der Waals surface area contributed by atoms with Gasteiger partial charge in [0.1, 0.15) is 0 Å². The second kappa shape index (κ2) is 4.39. The van der Waals surface area contributed by atoms with Crippen molar-refractivity contribution < 1.29 is 5.21 Å². The summed E-state index contributed by atoms with van der Waals surface area (Å²) in [6.45, 7) is 1.81. The third kappa shape index (κ3) is 2.54. The fraction of sp³-hybridized carbons (Fsp3) is 0.714. The summed E-state index contributed by atoms with van der Waals surface area (Å²) in [4.78, 5) is 0. The van der Waals surface area contributed by atoms with E-state index in [0.717, 1.165) is 31.5 Å². The van der Waals surface area contributed by atoms with Gasteiger partial charge >= 0.3 is 0 Å². The van der Waals surface area contributed by atoms with Crippen LogP contribution in [0.3, 0.4) is 0 Å². The van der Waals surface area contributed by atoms with Gasteiger partial charge in [0.05, 0.1) is 5.38 Å². The van der Waals surface area contributed by atoms with Crippen molar-refractivity contribution in [1.82, 2.24) is 5.32 Å². The Morgan fingerprint density at radius 1 is 1.64 bits per heavy atom. The van der Waals surface area contributed by atoms with Crippen LogP contribution in [-0.2, 0) is 0 Å². The Bertz CT molecular complexity index is 187. The monoisotopic (exact) mass is 174 g/mol. The van der Waals surface area contributed by atoms with E-state index in [2.05, 4.69) is 16.3 Å². The minimum Gasteiger partial charge on any atom is -0.404 e. The molecule has 0 aromatic heterocycles. The summed E-state index contributed by atoms with van der Waals surface area (Å²) in [6, 6.07) is 0. The van der Waals surface area contributed by atoms with E-state index in [0.29, 0.717) is 0 Å². The fourth-order valence-corrected chi connectivity index (χ4v) is 1.36. The normalized spacial score (nSPS) is 25.5. The van der Waals surface area contributed by atoms with Crippen LogP contribution in [0.25, 0.3) is 0 Å². The molecular formula is C7H11ClN2O. The Kier molecular flexibility index (Phi) is 3.43. The molecule has 1 aliphatic rings. The molecule has 1 heterocycles. The van der Waals surface area contributed by atoms with E-state index in [-0.39, 0.29) is 5.38 Å². The molecule has 4 heteroatoms. The van der Waals surface area contributed by atoms with Gasteiger partial charge in [-0.05, 0) is 31.1 Å². The van der Waals surface area contributed by atoms with E-state index in [9.17, 15) is 0 Å². The van der Waals surface area contributed by atoms with Gasteiger partial charge < -0.3 is 10.5 Å². The van der Waals surface area contributed by atoms with Crippen molar-refractivity contribution in [1.29, 1.82) is 0 Å². The first-order valence-electron chi connectivity index (χ1n) is 3.65. The molecule has 1 rings (SSSR count). The molecule has 62 valence electrons. The van der Waals surface area contributed by atoms with Crippen LogP contribution >= 0.6 is 11.6 Å². The zero-order valence-electron chi connectivity index (χ0n) is 6.18. The highest BCUT2D eigenvalue weighted by molar-refractivity contribution is 6.23. The van der Waals surface area contributed by atoms with E-state index in [1.165, 1.54) is 0 Å². The Labute approximate surface area is 70.7 Å². The maximum atomic E-state index is 8.24. The lowest BCUT2D eigenvalue weighted by Gasteiger charge is -2.03. The second-order valence-electron chi connectivity index (χ2n) is 2.49. The topological polar surface area (TPSA) is 44.6 Å². The predicted octanol–water partition coefficient (Wildman–Crippen LogP) is 0.962. The molecular weight excluding hydrogens is 164 g/mol. The lowest BCUT2D eigenvalue weighted by atomic mass is 10.1. The lowest BCUT2D eigenvalue weighted by molar-refractivity contribution is 0.322. The zero-order chi connectivity index (χ0) is 8.10. The number of alkyl halides is 1. The van der Waals surface area contributed by atoms with E-state index in [1.54, 1.807) is 0 Å². The minimum absolute atomic E-state index is 0.0269. The maximum absolute atomic E-state index is 8.24. The molecule has 2 N–H and O–H groups in total. The highest BCUT2D eigenvalue weighted by atomic mass is 35.5. The number of halogens is 1. The van der Waals surface area contributed by atoms with Crippen LogP contribution in [0, 0.1) is 0 Å². The molecule has 3 nitrogen and oxygen atoms in total. The molecule has 0 aromatic rings. The Hall–Kier alpha value is -0.500.